The third-order valence-corrected chi connectivity index (χ3v) is 2.56. The Balaban J connectivity index is 0.000000357. The molecular weight excluding hydrogens is 232 g/mol. The van der Waals surface area contributed by atoms with E-state index in [0.717, 1.165) is 32.3 Å². The van der Waals surface area contributed by atoms with Crippen LogP contribution in [0.5, 0.6) is 5.75 Å². The first-order valence-electron chi connectivity index (χ1n) is 5.91. The van der Waals surface area contributed by atoms with Gasteiger partial charge in [-0.05, 0) is 17.7 Å². The van der Waals surface area contributed by atoms with E-state index in [1.807, 2.05) is 12.1 Å². The monoisotopic (exact) mass is 252 g/mol. The molecule has 1 aliphatic rings. The average Bonchev–Trinajstić information content (AvgIpc) is 2.39. The zero-order chi connectivity index (χ0) is 13.4. The molecule has 0 bridgehead atoms. The molecular formula is C13H20N2O3. The molecule has 1 saturated heterocycles. The Morgan fingerprint density at radius 3 is 2.39 bits per heavy atom. The summed E-state index contributed by atoms with van der Waals surface area (Å²) < 4.78 is 5.12. The number of hydrogen-bond acceptors (Lipinski definition) is 4. The summed E-state index contributed by atoms with van der Waals surface area (Å²) in [7, 11) is 1.69. The van der Waals surface area contributed by atoms with Gasteiger partial charge in [0.15, 0.2) is 0 Å². The summed E-state index contributed by atoms with van der Waals surface area (Å²) in [6.07, 6.45) is 0. The quantitative estimate of drug-likeness (QED) is 0.733. The predicted octanol–water partition coefficient (Wildman–Crippen LogP) is 1.02. The lowest BCUT2D eigenvalue weighted by atomic mass is 10.1. The summed E-state index contributed by atoms with van der Waals surface area (Å²) >= 11 is 0. The van der Waals surface area contributed by atoms with Crippen molar-refractivity contribution in [3.05, 3.63) is 29.8 Å². The van der Waals surface area contributed by atoms with Gasteiger partial charge in [0, 0.05) is 32.6 Å². The number of hydrogen-bond donors (Lipinski definition) is 3. The van der Waals surface area contributed by atoms with Crippen molar-refractivity contribution < 1.29 is 14.6 Å². The molecule has 0 radical (unpaired) electrons. The average molecular weight is 252 g/mol. The smallest absolute Gasteiger partial charge is 0.300 e. The molecule has 0 amide bonds. The minimum atomic E-state index is -0.833. The second-order valence-electron chi connectivity index (χ2n) is 4.00. The van der Waals surface area contributed by atoms with E-state index in [4.69, 9.17) is 14.6 Å². The molecule has 1 aliphatic heterocycles. The van der Waals surface area contributed by atoms with Crippen LogP contribution in [-0.4, -0.2) is 37.8 Å². The van der Waals surface area contributed by atoms with Crippen LogP contribution in [0, 0.1) is 0 Å². The molecule has 1 atom stereocenters. The fourth-order valence-corrected chi connectivity index (χ4v) is 1.73. The Bertz CT molecular complexity index is 355. The molecule has 0 saturated carbocycles. The molecule has 5 nitrogen and oxygen atoms in total. The zero-order valence-corrected chi connectivity index (χ0v) is 10.8. The zero-order valence-electron chi connectivity index (χ0n) is 10.8. The van der Waals surface area contributed by atoms with Gasteiger partial charge in [0.05, 0.1) is 7.11 Å². The molecule has 18 heavy (non-hydrogen) atoms. The van der Waals surface area contributed by atoms with Crippen molar-refractivity contribution in [3.8, 4) is 5.75 Å². The van der Waals surface area contributed by atoms with E-state index in [0.29, 0.717) is 6.04 Å². The summed E-state index contributed by atoms with van der Waals surface area (Å²) in [5.41, 5.74) is 1.32. The molecule has 1 aromatic rings. The van der Waals surface area contributed by atoms with E-state index in [-0.39, 0.29) is 0 Å². The molecule has 1 heterocycles. The molecule has 2 rings (SSSR count). The first-order valence-corrected chi connectivity index (χ1v) is 5.91. The molecule has 100 valence electrons. The van der Waals surface area contributed by atoms with E-state index in [1.54, 1.807) is 7.11 Å². The first kappa shape index (κ1) is 14.5. The van der Waals surface area contributed by atoms with Crippen LogP contribution >= 0.6 is 0 Å². The van der Waals surface area contributed by atoms with E-state index in [9.17, 15) is 0 Å². The lowest BCUT2D eigenvalue weighted by Crippen LogP contribution is -2.42. The highest BCUT2D eigenvalue weighted by Crippen LogP contribution is 2.17. The van der Waals surface area contributed by atoms with Gasteiger partial charge in [-0.3, -0.25) is 4.79 Å². The van der Waals surface area contributed by atoms with Crippen molar-refractivity contribution in [3.63, 3.8) is 0 Å². The van der Waals surface area contributed by atoms with Gasteiger partial charge < -0.3 is 20.5 Å². The number of ether oxygens (including phenoxy) is 1. The van der Waals surface area contributed by atoms with Crippen LogP contribution in [0.3, 0.4) is 0 Å². The number of carboxylic acids is 1. The van der Waals surface area contributed by atoms with Crippen molar-refractivity contribution in [2.75, 3.05) is 26.7 Å². The highest BCUT2D eigenvalue weighted by molar-refractivity contribution is 5.62. The van der Waals surface area contributed by atoms with E-state index < -0.39 is 5.97 Å². The summed E-state index contributed by atoms with van der Waals surface area (Å²) in [5.74, 6) is 0.0810. The fraction of sp³-hybridized carbons (Fsp3) is 0.462. The maximum Gasteiger partial charge on any atom is 0.300 e. The largest absolute Gasteiger partial charge is 0.497 e. The summed E-state index contributed by atoms with van der Waals surface area (Å²) in [5, 5.41) is 14.3. The van der Waals surface area contributed by atoms with Gasteiger partial charge in [0.25, 0.3) is 5.97 Å². The number of benzene rings is 1. The van der Waals surface area contributed by atoms with Crippen LogP contribution < -0.4 is 15.4 Å². The molecule has 1 aromatic carbocycles. The van der Waals surface area contributed by atoms with Crippen LogP contribution in [0.25, 0.3) is 0 Å². The topological polar surface area (TPSA) is 70.6 Å². The van der Waals surface area contributed by atoms with Gasteiger partial charge >= 0.3 is 0 Å². The number of carbonyl (C=O) groups is 1. The van der Waals surface area contributed by atoms with Gasteiger partial charge in [0.1, 0.15) is 5.75 Å². The van der Waals surface area contributed by atoms with Crippen LogP contribution in [0.1, 0.15) is 18.5 Å². The Morgan fingerprint density at radius 2 is 1.94 bits per heavy atom. The predicted molar refractivity (Wildman–Crippen MR) is 69.9 cm³/mol. The van der Waals surface area contributed by atoms with Gasteiger partial charge in [-0.25, -0.2) is 0 Å². The highest BCUT2D eigenvalue weighted by atomic mass is 16.5. The molecule has 3 N–H and O–H groups in total. The molecule has 0 aliphatic carbocycles. The molecule has 0 aromatic heterocycles. The first-order chi connectivity index (χ1) is 8.63. The minimum Gasteiger partial charge on any atom is -0.497 e. The van der Waals surface area contributed by atoms with Crippen molar-refractivity contribution >= 4 is 5.97 Å². The maximum atomic E-state index is 9.00. The lowest BCUT2D eigenvalue weighted by Gasteiger charge is -2.24. The number of rotatable bonds is 2. The SMILES string of the molecule is CC(=O)O.COc1ccc(C2CNCCN2)cc1. The number of piperazine rings is 1. The van der Waals surface area contributed by atoms with Gasteiger partial charge in [-0.2, -0.15) is 0 Å². The second kappa shape index (κ2) is 7.68. The van der Waals surface area contributed by atoms with Gasteiger partial charge in [-0.15, -0.1) is 0 Å². The highest BCUT2D eigenvalue weighted by Gasteiger charge is 2.13. The second-order valence-corrected chi connectivity index (χ2v) is 4.00. The third kappa shape index (κ3) is 5.16. The van der Waals surface area contributed by atoms with Crippen LogP contribution in [0.15, 0.2) is 24.3 Å². The Morgan fingerprint density at radius 1 is 1.33 bits per heavy atom. The minimum absolute atomic E-state index is 0.439. The maximum absolute atomic E-state index is 9.00. The van der Waals surface area contributed by atoms with Crippen molar-refractivity contribution in [2.24, 2.45) is 0 Å². The number of methoxy groups -OCH3 is 1. The Kier molecular flexibility index (Phi) is 6.18. The third-order valence-electron chi connectivity index (χ3n) is 2.56. The van der Waals surface area contributed by atoms with Crippen molar-refractivity contribution in [1.29, 1.82) is 0 Å². The molecule has 5 heteroatoms. The number of aliphatic carboxylic acids is 1. The van der Waals surface area contributed by atoms with Crippen molar-refractivity contribution in [2.45, 2.75) is 13.0 Å². The van der Waals surface area contributed by atoms with Crippen LogP contribution in [-0.2, 0) is 4.79 Å². The van der Waals surface area contributed by atoms with E-state index in [2.05, 4.69) is 22.8 Å². The van der Waals surface area contributed by atoms with E-state index >= 15 is 0 Å². The van der Waals surface area contributed by atoms with Crippen molar-refractivity contribution in [1.82, 2.24) is 10.6 Å². The van der Waals surface area contributed by atoms with Gasteiger partial charge in [-0.1, -0.05) is 12.1 Å². The van der Waals surface area contributed by atoms with Crippen LogP contribution in [0.2, 0.25) is 0 Å². The Hall–Kier alpha value is -1.59. The summed E-state index contributed by atoms with van der Waals surface area (Å²) in [4.78, 5) is 9.00. The number of nitrogens with one attached hydrogen (secondary N) is 2. The molecule has 1 unspecified atom stereocenters. The number of carboxylic acid groups (broad SMARTS) is 1. The molecule has 1 fully saturated rings. The van der Waals surface area contributed by atoms with Gasteiger partial charge in [0.2, 0.25) is 0 Å². The van der Waals surface area contributed by atoms with Crippen LogP contribution in [0.4, 0.5) is 0 Å². The summed E-state index contributed by atoms with van der Waals surface area (Å²) in [6.45, 7) is 4.19. The van der Waals surface area contributed by atoms with E-state index in [1.165, 1.54) is 5.56 Å². The lowest BCUT2D eigenvalue weighted by molar-refractivity contribution is -0.134. The summed E-state index contributed by atoms with van der Waals surface area (Å²) in [6, 6.07) is 8.68. The Labute approximate surface area is 107 Å². The normalized spacial score (nSPS) is 18.4. The standard InChI is InChI=1S/C11H16N2O.C2H4O2/c1-14-10-4-2-9(3-5-10)11-8-12-6-7-13-11;1-2(3)4/h2-5,11-13H,6-8H2,1H3;1H3,(H,3,4). The fourth-order valence-electron chi connectivity index (χ4n) is 1.73. The molecule has 0 spiro atoms.